The van der Waals surface area contributed by atoms with E-state index in [1.807, 2.05) is 42.5 Å². The highest BCUT2D eigenvalue weighted by molar-refractivity contribution is 6.09. The van der Waals surface area contributed by atoms with Gasteiger partial charge in [0.25, 0.3) is 11.6 Å². The number of carbonyl (C=O) groups is 2. The summed E-state index contributed by atoms with van der Waals surface area (Å²) in [6, 6.07) is 17.5. The summed E-state index contributed by atoms with van der Waals surface area (Å²) < 4.78 is 0. The van der Waals surface area contributed by atoms with Gasteiger partial charge in [-0.1, -0.05) is 42.5 Å². The van der Waals surface area contributed by atoms with Crippen molar-refractivity contribution in [2.24, 2.45) is 5.10 Å². The largest absolute Gasteiger partial charge is 0.325 e. The van der Waals surface area contributed by atoms with Crippen molar-refractivity contribution in [1.82, 2.24) is 5.43 Å². The molecule has 0 radical (unpaired) electrons. The van der Waals surface area contributed by atoms with Gasteiger partial charge in [-0.15, -0.1) is 0 Å². The third-order valence-corrected chi connectivity index (χ3v) is 4.50. The van der Waals surface area contributed by atoms with E-state index in [0.29, 0.717) is 17.0 Å². The number of hydrazone groups is 1. The molecule has 2 N–H and O–H groups in total. The zero-order valence-corrected chi connectivity index (χ0v) is 16.5. The van der Waals surface area contributed by atoms with Crippen LogP contribution in [-0.2, 0) is 4.79 Å². The van der Waals surface area contributed by atoms with E-state index in [2.05, 4.69) is 15.8 Å². The fourth-order valence-corrected chi connectivity index (χ4v) is 2.96. The molecule has 0 aliphatic heterocycles. The van der Waals surface area contributed by atoms with Crippen molar-refractivity contribution in [3.05, 3.63) is 81.9 Å². The first kappa shape index (κ1) is 20.7. The lowest BCUT2D eigenvalue weighted by molar-refractivity contribution is -0.385. The third-order valence-electron chi connectivity index (χ3n) is 4.50. The van der Waals surface area contributed by atoms with Gasteiger partial charge in [-0.25, -0.2) is 5.43 Å². The molecule has 0 aromatic heterocycles. The van der Waals surface area contributed by atoms with Crippen molar-refractivity contribution in [2.45, 2.75) is 20.3 Å². The van der Waals surface area contributed by atoms with Crippen LogP contribution in [0.4, 0.5) is 11.4 Å². The van der Waals surface area contributed by atoms with Crippen molar-refractivity contribution in [3.63, 3.8) is 0 Å². The Morgan fingerprint density at radius 3 is 2.57 bits per heavy atom. The first-order chi connectivity index (χ1) is 14.3. The van der Waals surface area contributed by atoms with Gasteiger partial charge >= 0.3 is 0 Å². The highest BCUT2D eigenvalue weighted by atomic mass is 16.6. The van der Waals surface area contributed by atoms with Gasteiger partial charge in [0.05, 0.1) is 11.3 Å². The molecule has 2 amide bonds. The number of amides is 2. The van der Waals surface area contributed by atoms with Gasteiger partial charge in [0.1, 0.15) is 0 Å². The molecule has 0 spiro atoms. The highest BCUT2D eigenvalue weighted by Crippen LogP contribution is 2.23. The van der Waals surface area contributed by atoms with Crippen molar-refractivity contribution < 1.29 is 14.5 Å². The molecule has 30 heavy (non-hydrogen) atoms. The van der Waals surface area contributed by atoms with E-state index in [-0.39, 0.29) is 23.6 Å². The summed E-state index contributed by atoms with van der Waals surface area (Å²) in [5.74, 6) is -0.861. The van der Waals surface area contributed by atoms with Gasteiger partial charge in [-0.2, -0.15) is 5.10 Å². The van der Waals surface area contributed by atoms with E-state index < -0.39 is 10.8 Å². The van der Waals surface area contributed by atoms with Crippen LogP contribution in [-0.4, -0.2) is 22.4 Å². The maximum Gasteiger partial charge on any atom is 0.273 e. The summed E-state index contributed by atoms with van der Waals surface area (Å²) in [5, 5.41) is 19.7. The molecule has 0 fully saturated rings. The molecule has 0 unspecified atom stereocenters. The van der Waals surface area contributed by atoms with Crippen molar-refractivity contribution in [1.29, 1.82) is 0 Å². The average molecular weight is 404 g/mol. The Bertz CT molecular complexity index is 1170. The van der Waals surface area contributed by atoms with Crippen molar-refractivity contribution in [3.8, 4) is 0 Å². The molecule has 0 atom stereocenters. The van der Waals surface area contributed by atoms with Crippen LogP contribution in [0.2, 0.25) is 0 Å². The molecular weight excluding hydrogens is 384 g/mol. The Morgan fingerprint density at radius 2 is 1.80 bits per heavy atom. The minimum Gasteiger partial charge on any atom is -0.325 e. The van der Waals surface area contributed by atoms with E-state index in [0.717, 1.165) is 10.8 Å². The lowest BCUT2D eigenvalue weighted by atomic mass is 10.1. The number of hydrogen-bond acceptors (Lipinski definition) is 5. The van der Waals surface area contributed by atoms with Crippen LogP contribution in [0.1, 0.15) is 29.3 Å². The monoisotopic (exact) mass is 404 g/mol. The minimum absolute atomic E-state index is 0.0163. The molecule has 8 heteroatoms. The first-order valence-electron chi connectivity index (χ1n) is 9.21. The number of nitrogens with one attached hydrogen (secondary N) is 2. The molecule has 0 saturated heterocycles. The van der Waals surface area contributed by atoms with E-state index in [4.69, 9.17) is 0 Å². The fourth-order valence-electron chi connectivity index (χ4n) is 2.96. The van der Waals surface area contributed by atoms with Gasteiger partial charge in [0.2, 0.25) is 5.91 Å². The smallest absolute Gasteiger partial charge is 0.273 e. The third kappa shape index (κ3) is 4.85. The zero-order chi connectivity index (χ0) is 21.7. The van der Waals surface area contributed by atoms with Crippen LogP contribution in [0, 0.1) is 17.0 Å². The molecule has 3 aromatic carbocycles. The predicted molar refractivity (Wildman–Crippen MR) is 116 cm³/mol. The van der Waals surface area contributed by atoms with E-state index in [9.17, 15) is 19.7 Å². The maximum atomic E-state index is 12.4. The zero-order valence-electron chi connectivity index (χ0n) is 16.5. The summed E-state index contributed by atoms with van der Waals surface area (Å²) in [4.78, 5) is 35.1. The molecule has 0 saturated carbocycles. The number of aryl methyl sites for hydroxylation is 1. The van der Waals surface area contributed by atoms with E-state index >= 15 is 0 Å². The second kappa shape index (κ2) is 8.95. The molecule has 0 aliphatic rings. The molecule has 0 aliphatic carbocycles. The summed E-state index contributed by atoms with van der Waals surface area (Å²) in [6.07, 6.45) is -0.0163. The number of carbonyl (C=O) groups excluding carboxylic acids is 2. The maximum absolute atomic E-state index is 12.4. The Balaban J connectivity index is 1.63. The van der Waals surface area contributed by atoms with Gasteiger partial charge < -0.3 is 5.32 Å². The van der Waals surface area contributed by atoms with Crippen LogP contribution in [0.25, 0.3) is 10.8 Å². The number of anilines is 1. The molecular formula is C22H20N4O4. The molecule has 8 nitrogen and oxygen atoms in total. The summed E-state index contributed by atoms with van der Waals surface area (Å²) in [7, 11) is 0. The minimum atomic E-state index is -0.591. The topological polar surface area (TPSA) is 114 Å². The first-order valence-corrected chi connectivity index (χ1v) is 9.21. The number of rotatable bonds is 6. The second-order valence-electron chi connectivity index (χ2n) is 6.80. The summed E-state index contributed by atoms with van der Waals surface area (Å²) in [6.45, 7) is 3.21. The highest BCUT2D eigenvalue weighted by Gasteiger charge is 2.15. The number of nitro benzene ring substituents is 1. The Kier molecular flexibility index (Phi) is 6.17. The molecule has 0 bridgehead atoms. The number of nitro groups is 1. The van der Waals surface area contributed by atoms with E-state index in [1.54, 1.807) is 13.8 Å². The number of hydrogen-bond donors (Lipinski definition) is 2. The lowest BCUT2D eigenvalue weighted by Gasteiger charge is -2.09. The van der Waals surface area contributed by atoms with Crippen LogP contribution in [0.3, 0.4) is 0 Å². The van der Waals surface area contributed by atoms with Gasteiger partial charge in [-0.05, 0) is 31.4 Å². The quantitative estimate of drug-likeness (QED) is 0.364. The Labute approximate surface area is 172 Å². The summed E-state index contributed by atoms with van der Waals surface area (Å²) >= 11 is 0. The molecule has 3 aromatic rings. The molecule has 3 rings (SSSR count). The molecule has 0 heterocycles. The Hall–Kier alpha value is -4.07. The van der Waals surface area contributed by atoms with Crippen LogP contribution >= 0.6 is 0 Å². The second-order valence-corrected chi connectivity index (χ2v) is 6.80. The normalized spacial score (nSPS) is 11.2. The summed E-state index contributed by atoms with van der Waals surface area (Å²) in [5.41, 5.74) is 3.85. The van der Waals surface area contributed by atoms with Gasteiger partial charge in [0.15, 0.2) is 0 Å². The standard InChI is InChI=1S/C22H20N4O4/c1-14-10-11-17(13-20(14)26(29)30)22(28)25-24-15(2)12-21(27)23-19-9-5-7-16-6-3-4-8-18(16)19/h3-11,13H,12H2,1-2H3,(H,23,27)(H,25,28). The van der Waals surface area contributed by atoms with Crippen LogP contribution in [0.15, 0.2) is 65.8 Å². The van der Waals surface area contributed by atoms with Gasteiger partial charge in [0, 0.05) is 34.0 Å². The number of fused-ring (bicyclic) bond motifs is 1. The SMILES string of the molecule is CC(CC(=O)Nc1cccc2ccccc12)=NNC(=O)c1ccc(C)c([N+](=O)[O-])c1. The van der Waals surface area contributed by atoms with E-state index in [1.165, 1.54) is 18.2 Å². The van der Waals surface area contributed by atoms with Crippen LogP contribution < -0.4 is 10.7 Å². The van der Waals surface area contributed by atoms with Crippen molar-refractivity contribution in [2.75, 3.05) is 5.32 Å². The number of benzene rings is 3. The van der Waals surface area contributed by atoms with Gasteiger partial charge in [-0.3, -0.25) is 19.7 Å². The number of nitrogens with zero attached hydrogens (tertiary/aromatic N) is 2. The molecule has 152 valence electrons. The Morgan fingerprint density at radius 1 is 1.07 bits per heavy atom. The lowest BCUT2D eigenvalue weighted by Crippen LogP contribution is -2.21. The average Bonchev–Trinajstić information content (AvgIpc) is 2.72. The predicted octanol–water partition coefficient (Wildman–Crippen LogP) is 4.19. The van der Waals surface area contributed by atoms with Crippen LogP contribution in [0.5, 0.6) is 0 Å². The van der Waals surface area contributed by atoms with Crippen molar-refractivity contribution >= 4 is 39.7 Å². The fraction of sp³-hybridized carbons (Fsp3) is 0.136.